The highest BCUT2D eigenvalue weighted by Gasteiger charge is 2.31. The molecule has 0 aromatic rings. The Morgan fingerprint density at radius 3 is 2.43 bits per heavy atom. The van der Waals surface area contributed by atoms with E-state index in [1.54, 1.807) is 0 Å². The van der Waals surface area contributed by atoms with Gasteiger partial charge in [-0.1, -0.05) is 27.7 Å². The molecule has 0 aromatic heterocycles. The maximum atomic E-state index is 5.97. The highest BCUT2D eigenvalue weighted by molar-refractivity contribution is 6.11. The topological polar surface area (TPSA) is 9.23 Å². The van der Waals surface area contributed by atoms with Gasteiger partial charge >= 0.3 is 0 Å². The lowest BCUT2D eigenvalue weighted by Crippen LogP contribution is -2.36. The second kappa shape index (κ2) is 5.20. The first-order chi connectivity index (χ1) is 6.50. The van der Waals surface area contributed by atoms with Crippen LogP contribution in [0.4, 0.5) is 0 Å². The molecule has 0 aliphatic carbocycles. The minimum Gasteiger partial charge on any atom is -0.378 e. The van der Waals surface area contributed by atoms with E-state index in [0.717, 1.165) is 30.2 Å². The van der Waals surface area contributed by atoms with Crippen molar-refractivity contribution < 1.29 is 4.74 Å². The van der Waals surface area contributed by atoms with Gasteiger partial charge in [0.1, 0.15) is 7.85 Å². The highest BCUT2D eigenvalue weighted by atomic mass is 16.5. The van der Waals surface area contributed by atoms with E-state index in [4.69, 9.17) is 4.74 Å². The molecular weight excluding hydrogens is 171 g/mol. The summed E-state index contributed by atoms with van der Waals surface area (Å²) in [5, 5.41) is 0. The Morgan fingerprint density at radius 1 is 1.29 bits per heavy atom. The van der Waals surface area contributed by atoms with Crippen molar-refractivity contribution in [1.82, 2.24) is 0 Å². The molecule has 1 aliphatic heterocycles. The smallest absolute Gasteiger partial charge is 0.108 e. The molecule has 0 N–H and O–H groups in total. The summed E-state index contributed by atoms with van der Waals surface area (Å²) in [7, 11) is 2.31. The van der Waals surface area contributed by atoms with E-state index in [2.05, 4.69) is 35.5 Å². The van der Waals surface area contributed by atoms with Gasteiger partial charge in [-0.15, -0.1) is 0 Å². The molecule has 14 heavy (non-hydrogen) atoms. The molecular formula is C12H25BO. The summed E-state index contributed by atoms with van der Waals surface area (Å²) in [6.07, 6.45) is 3.11. The first kappa shape index (κ1) is 12.1. The highest BCUT2D eigenvalue weighted by Crippen LogP contribution is 2.34. The van der Waals surface area contributed by atoms with Crippen LogP contribution in [0.3, 0.4) is 0 Å². The van der Waals surface area contributed by atoms with Crippen molar-refractivity contribution in [2.75, 3.05) is 6.61 Å². The minimum atomic E-state index is 0.520. The number of ether oxygens (including phenoxy) is 1. The quantitative estimate of drug-likeness (QED) is 0.630. The van der Waals surface area contributed by atoms with Crippen LogP contribution in [-0.2, 0) is 4.74 Å². The molecule has 0 amide bonds. The van der Waals surface area contributed by atoms with Gasteiger partial charge in [-0.25, -0.2) is 0 Å². The molecule has 82 valence electrons. The molecule has 1 saturated heterocycles. The predicted octanol–water partition coefficient (Wildman–Crippen LogP) is 2.52. The second-order valence-electron chi connectivity index (χ2n) is 5.75. The summed E-state index contributed by atoms with van der Waals surface area (Å²) in [4.78, 5) is 0. The van der Waals surface area contributed by atoms with Gasteiger partial charge in [0.15, 0.2) is 0 Å². The maximum Gasteiger partial charge on any atom is 0.108 e. The molecule has 1 heterocycles. The van der Waals surface area contributed by atoms with Gasteiger partial charge in [0.25, 0.3) is 0 Å². The maximum absolute atomic E-state index is 5.97. The summed E-state index contributed by atoms with van der Waals surface area (Å²) in [5.41, 5.74) is 0. The first-order valence-electron chi connectivity index (χ1n) is 6.12. The van der Waals surface area contributed by atoms with Gasteiger partial charge in [0.05, 0.1) is 6.10 Å². The largest absolute Gasteiger partial charge is 0.378 e. The van der Waals surface area contributed by atoms with E-state index in [1.807, 2.05) is 0 Å². The van der Waals surface area contributed by atoms with Crippen LogP contribution in [-0.4, -0.2) is 20.6 Å². The van der Waals surface area contributed by atoms with E-state index in [1.165, 1.54) is 12.8 Å². The Morgan fingerprint density at radius 2 is 1.93 bits per heavy atom. The van der Waals surface area contributed by atoms with Crippen LogP contribution < -0.4 is 0 Å². The number of rotatable bonds is 3. The van der Waals surface area contributed by atoms with E-state index >= 15 is 0 Å². The fourth-order valence-corrected chi connectivity index (χ4v) is 2.50. The van der Waals surface area contributed by atoms with Crippen molar-refractivity contribution in [1.29, 1.82) is 0 Å². The fraction of sp³-hybridized carbons (Fsp3) is 1.00. The Hall–Kier alpha value is 0.0249. The van der Waals surface area contributed by atoms with Gasteiger partial charge in [0.2, 0.25) is 0 Å². The van der Waals surface area contributed by atoms with Gasteiger partial charge < -0.3 is 4.74 Å². The third-order valence-electron chi connectivity index (χ3n) is 3.31. The molecule has 3 atom stereocenters. The zero-order chi connectivity index (χ0) is 10.7. The Kier molecular flexibility index (Phi) is 4.50. The lowest BCUT2D eigenvalue weighted by molar-refractivity contribution is -0.0508. The van der Waals surface area contributed by atoms with Crippen molar-refractivity contribution in [2.45, 2.75) is 52.5 Å². The number of hydrogen-bond acceptors (Lipinski definition) is 1. The van der Waals surface area contributed by atoms with E-state index in [0.29, 0.717) is 6.10 Å². The zero-order valence-electron chi connectivity index (χ0n) is 10.4. The molecule has 2 heteroatoms. The first-order valence-corrected chi connectivity index (χ1v) is 6.12. The lowest BCUT2D eigenvalue weighted by atomic mass is 9.72. The van der Waals surface area contributed by atoms with E-state index in [-0.39, 0.29) is 0 Å². The summed E-state index contributed by atoms with van der Waals surface area (Å²) in [5.74, 6) is 3.06. The van der Waals surface area contributed by atoms with Crippen LogP contribution in [0.15, 0.2) is 0 Å². The molecule has 1 rings (SSSR count). The average Bonchev–Trinajstić information content (AvgIpc) is 2.07. The minimum absolute atomic E-state index is 0.520. The lowest BCUT2D eigenvalue weighted by Gasteiger charge is -2.38. The molecule has 0 saturated carbocycles. The number of hydrogen-bond donors (Lipinski definition) is 0. The molecule has 1 nitrogen and oxygen atoms in total. The van der Waals surface area contributed by atoms with Crippen LogP contribution in [0.5, 0.6) is 0 Å². The molecule has 3 unspecified atom stereocenters. The van der Waals surface area contributed by atoms with Crippen molar-refractivity contribution >= 4 is 7.85 Å². The van der Waals surface area contributed by atoms with Crippen LogP contribution in [0.1, 0.15) is 40.5 Å². The Labute approximate surface area is 90.0 Å². The Bertz CT molecular complexity index is 168. The van der Waals surface area contributed by atoms with Crippen LogP contribution >= 0.6 is 0 Å². The van der Waals surface area contributed by atoms with Crippen molar-refractivity contribution in [3.63, 3.8) is 0 Å². The van der Waals surface area contributed by atoms with Gasteiger partial charge in [0, 0.05) is 6.61 Å². The third kappa shape index (κ3) is 3.31. The van der Waals surface area contributed by atoms with Crippen molar-refractivity contribution in [3.8, 4) is 0 Å². The molecule has 1 fully saturated rings. The van der Waals surface area contributed by atoms with Gasteiger partial charge in [-0.05, 0) is 36.4 Å². The normalized spacial score (nSPS) is 34.0. The Balaban J connectivity index is 2.53. The van der Waals surface area contributed by atoms with Gasteiger partial charge in [-0.3, -0.25) is 0 Å². The van der Waals surface area contributed by atoms with E-state index < -0.39 is 0 Å². The van der Waals surface area contributed by atoms with E-state index in [9.17, 15) is 0 Å². The standard InChI is InChI=1S/C12H25BO/c1-8(2)5-12-11(9(3)4)6-10(13)7-14-12/h8-12H,5-7,13H2,1-4H3. The summed E-state index contributed by atoms with van der Waals surface area (Å²) >= 11 is 0. The predicted molar refractivity (Wildman–Crippen MR) is 64.4 cm³/mol. The van der Waals surface area contributed by atoms with Crippen molar-refractivity contribution in [2.24, 2.45) is 17.8 Å². The molecule has 0 radical (unpaired) electrons. The molecule has 1 aliphatic rings. The fourth-order valence-electron chi connectivity index (χ4n) is 2.50. The van der Waals surface area contributed by atoms with Crippen LogP contribution in [0.25, 0.3) is 0 Å². The third-order valence-corrected chi connectivity index (χ3v) is 3.31. The van der Waals surface area contributed by atoms with Gasteiger partial charge in [-0.2, -0.15) is 0 Å². The SMILES string of the molecule is BC1COC(CC(C)C)C(C(C)C)C1. The average molecular weight is 196 g/mol. The second-order valence-corrected chi connectivity index (χ2v) is 5.75. The van der Waals surface area contributed by atoms with Crippen molar-refractivity contribution in [3.05, 3.63) is 0 Å². The molecule has 0 spiro atoms. The zero-order valence-corrected chi connectivity index (χ0v) is 10.4. The summed E-state index contributed by atoms with van der Waals surface area (Å²) in [6.45, 7) is 10.2. The van der Waals surface area contributed by atoms with Crippen LogP contribution in [0.2, 0.25) is 5.82 Å². The summed E-state index contributed by atoms with van der Waals surface area (Å²) in [6, 6.07) is 0. The summed E-state index contributed by atoms with van der Waals surface area (Å²) < 4.78 is 5.97. The van der Waals surface area contributed by atoms with Crippen LogP contribution in [0, 0.1) is 17.8 Å². The molecule has 0 bridgehead atoms. The molecule has 0 aromatic carbocycles. The monoisotopic (exact) mass is 196 g/mol.